The van der Waals surface area contributed by atoms with Crippen LogP contribution in [0.1, 0.15) is 12.5 Å². The van der Waals surface area contributed by atoms with Crippen LogP contribution in [0.25, 0.3) is 0 Å². The molecule has 5 heteroatoms. The zero-order valence-electron chi connectivity index (χ0n) is 8.83. The van der Waals surface area contributed by atoms with Crippen molar-refractivity contribution < 1.29 is 18.7 Å². The monoisotopic (exact) mass is 225 g/mol. The van der Waals surface area contributed by atoms with Crippen LogP contribution < -0.4 is 5.32 Å². The highest BCUT2D eigenvalue weighted by molar-refractivity contribution is 6.32. The second kappa shape index (κ2) is 5.85. The number of hydrogen-bond acceptors (Lipinski definition) is 3. The molecule has 4 nitrogen and oxygen atoms in total. The van der Waals surface area contributed by atoms with Gasteiger partial charge in [0.15, 0.2) is 0 Å². The molecule has 0 radical (unpaired) electrons. The Morgan fingerprint density at radius 3 is 2.69 bits per heavy atom. The molecule has 0 aromatic heterocycles. The van der Waals surface area contributed by atoms with Gasteiger partial charge in [-0.15, -0.1) is 0 Å². The van der Waals surface area contributed by atoms with Crippen LogP contribution in [0.2, 0.25) is 0 Å². The smallest absolute Gasteiger partial charge is 0.396 e. The van der Waals surface area contributed by atoms with Crippen LogP contribution in [0.3, 0.4) is 0 Å². The lowest BCUT2D eigenvalue weighted by molar-refractivity contribution is -0.154. The molecule has 0 atom stereocenters. The van der Waals surface area contributed by atoms with E-state index >= 15 is 0 Å². The summed E-state index contributed by atoms with van der Waals surface area (Å²) in [6.45, 7) is 1.69. The molecule has 0 aliphatic heterocycles. The third kappa shape index (κ3) is 3.34. The first-order chi connectivity index (χ1) is 7.65. The van der Waals surface area contributed by atoms with E-state index in [4.69, 9.17) is 0 Å². The van der Waals surface area contributed by atoms with Crippen molar-refractivity contribution in [1.29, 1.82) is 0 Å². The molecule has 1 aromatic carbocycles. The summed E-state index contributed by atoms with van der Waals surface area (Å²) in [4.78, 5) is 22.0. The van der Waals surface area contributed by atoms with Crippen molar-refractivity contribution >= 4 is 11.9 Å². The Kier molecular flexibility index (Phi) is 4.44. The Morgan fingerprint density at radius 1 is 1.38 bits per heavy atom. The predicted octanol–water partition coefficient (Wildman–Crippen LogP) is 1.00. The molecule has 1 aromatic rings. The predicted molar refractivity (Wildman–Crippen MR) is 54.9 cm³/mol. The Hall–Kier alpha value is -1.91. The zero-order valence-corrected chi connectivity index (χ0v) is 8.83. The summed E-state index contributed by atoms with van der Waals surface area (Å²) in [5, 5.41) is 2.27. The molecule has 1 rings (SSSR count). The maximum Gasteiger partial charge on any atom is 0.396 e. The Balaban J connectivity index is 2.49. The molecule has 1 N–H and O–H groups in total. The SMILES string of the molecule is CCOC(=O)C(=O)NCc1ccccc1F. The van der Waals surface area contributed by atoms with E-state index in [0.29, 0.717) is 5.56 Å². The van der Waals surface area contributed by atoms with Crippen LogP contribution in [0.5, 0.6) is 0 Å². The van der Waals surface area contributed by atoms with Gasteiger partial charge in [-0.25, -0.2) is 9.18 Å². The number of amides is 1. The molecule has 0 spiro atoms. The van der Waals surface area contributed by atoms with E-state index in [1.165, 1.54) is 12.1 Å². The minimum absolute atomic E-state index is 0.0374. The molecule has 0 aliphatic carbocycles. The average molecular weight is 225 g/mol. The summed E-state index contributed by atoms with van der Waals surface area (Å²) in [6.07, 6.45) is 0. The van der Waals surface area contributed by atoms with Crippen LogP contribution in [0, 0.1) is 5.82 Å². The molecule has 0 saturated carbocycles. The van der Waals surface area contributed by atoms with Crippen LogP contribution >= 0.6 is 0 Å². The van der Waals surface area contributed by atoms with Gasteiger partial charge in [0.25, 0.3) is 0 Å². The highest BCUT2D eigenvalue weighted by atomic mass is 19.1. The number of esters is 1. The first kappa shape index (κ1) is 12.2. The van der Waals surface area contributed by atoms with E-state index in [1.54, 1.807) is 19.1 Å². The quantitative estimate of drug-likeness (QED) is 0.617. The Morgan fingerprint density at radius 2 is 2.06 bits per heavy atom. The normalized spacial score (nSPS) is 9.62. The summed E-state index contributed by atoms with van der Waals surface area (Å²) in [5.41, 5.74) is 0.320. The third-order valence-corrected chi connectivity index (χ3v) is 1.86. The topological polar surface area (TPSA) is 55.4 Å². The molecular formula is C11H12FNO3. The summed E-state index contributed by atoms with van der Waals surface area (Å²) in [5.74, 6) is -2.25. The second-order valence-corrected chi connectivity index (χ2v) is 2.99. The number of nitrogens with one attached hydrogen (secondary N) is 1. The number of rotatable bonds is 3. The van der Waals surface area contributed by atoms with Gasteiger partial charge >= 0.3 is 11.9 Å². The standard InChI is InChI=1S/C11H12FNO3/c1-2-16-11(15)10(14)13-7-8-5-3-4-6-9(8)12/h3-6H,2,7H2,1H3,(H,13,14). The molecule has 0 fully saturated rings. The van der Waals surface area contributed by atoms with Gasteiger partial charge in [-0.1, -0.05) is 18.2 Å². The summed E-state index contributed by atoms with van der Waals surface area (Å²) >= 11 is 0. The Labute approximate surface area is 92.4 Å². The van der Waals surface area contributed by atoms with E-state index in [-0.39, 0.29) is 13.2 Å². The summed E-state index contributed by atoms with van der Waals surface area (Å²) in [6, 6.07) is 6.01. The number of hydrogen-bond donors (Lipinski definition) is 1. The summed E-state index contributed by atoms with van der Waals surface area (Å²) < 4.78 is 17.6. The van der Waals surface area contributed by atoms with Crippen molar-refractivity contribution in [2.75, 3.05) is 6.61 Å². The van der Waals surface area contributed by atoms with Gasteiger partial charge in [-0.05, 0) is 13.0 Å². The Bertz CT molecular complexity index is 393. The van der Waals surface area contributed by atoms with Crippen LogP contribution in [0.4, 0.5) is 4.39 Å². The summed E-state index contributed by atoms with van der Waals surface area (Å²) in [7, 11) is 0. The fourth-order valence-corrected chi connectivity index (χ4v) is 1.09. The van der Waals surface area contributed by atoms with Crippen molar-refractivity contribution in [2.45, 2.75) is 13.5 Å². The molecular weight excluding hydrogens is 213 g/mol. The average Bonchev–Trinajstić information content (AvgIpc) is 2.28. The van der Waals surface area contributed by atoms with Crippen molar-refractivity contribution in [2.24, 2.45) is 0 Å². The van der Waals surface area contributed by atoms with Gasteiger partial charge in [0.05, 0.1) is 6.61 Å². The van der Waals surface area contributed by atoms with E-state index < -0.39 is 17.7 Å². The largest absolute Gasteiger partial charge is 0.459 e. The first-order valence-corrected chi connectivity index (χ1v) is 4.83. The fourth-order valence-electron chi connectivity index (χ4n) is 1.09. The minimum Gasteiger partial charge on any atom is -0.459 e. The first-order valence-electron chi connectivity index (χ1n) is 4.83. The highest BCUT2D eigenvalue weighted by Gasteiger charge is 2.14. The van der Waals surface area contributed by atoms with Gasteiger partial charge < -0.3 is 10.1 Å². The van der Waals surface area contributed by atoms with Crippen molar-refractivity contribution in [1.82, 2.24) is 5.32 Å². The number of benzene rings is 1. The molecule has 1 amide bonds. The van der Waals surface area contributed by atoms with Crippen molar-refractivity contribution in [3.63, 3.8) is 0 Å². The molecule has 0 saturated heterocycles. The number of carbonyl (C=O) groups excluding carboxylic acids is 2. The second-order valence-electron chi connectivity index (χ2n) is 2.99. The van der Waals surface area contributed by atoms with Gasteiger partial charge in [0, 0.05) is 12.1 Å². The van der Waals surface area contributed by atoms with Crippen molar-refractivity contribution in [3.8, 4) is 0 Å². The van der Waals surface area contributed by atoms with Gasteiger partial charge in [-0.2, -0.15) is 0 Å². The van der Waals surface area contributed by atoms with Crippen molar-refractivity contribution in [3.05, 3.63) is 35.6 Å². The molecule has 0 unspecified atom stereocenters. The van der Waals surface area contributed by atoms with Crippen LogP contribution in [-0.2, 0) is 20.9 Å². The lowest BCUT2D eigenvalue weighted by Gasteiger charge is -2.05. The number of ether oxygens (including phenoxy) is 1. The van der Waals surface area contributed by atoms with E-state index in [1.807, 2.05) is 0 Å². The van der Waals surface area contributed by atoms with Crippen LogP contribution in [-0.4, -0.2) is 18.5 Å². The van der Waals surface area contributed by atoms with Gasteiger partial charge in [-0.3, -0.25) is 4.79 Å². The van der Waals surface area contributed by atoms with E-state index in [2.05, 4.69) is 10.1 Å². The van der Waals surface area contributed by atoms with E-state index in [0.717, 1.165) is 0 Å². The maximum atomic E-state index is 13.1. The molecule has 0 bridgehead atoms. The molecule has 16 heavy (non-hydrogen) atoms. The molecule has 0 aliphatic rings. The molecule has 86 valence electrons. The fraction of sp³-hybridized carbons (Fsp3) is 0.273. The lowest BCUT2D eigenvalue weighted by atomic mass is 10.2. The van der Waals surface area contributed by atoms with Crippen LogP contribution in [0.15, 0.2) is 24.3 Å². The maximum absolute atomic E-state index is 13.1. The zero-order chi connectivity index (χ0) is 12.0. The number of carbonyl (C=O) groups is 2. The lowest BCUT2D eigenvalue weighted by Crippen LogP contribution is -2.32. The minimum atomic E-state index is -0.959. The highest BCUT2D eigenvalue weighted by Crippen LogP contribution is 2.05. The molecule has 0 heterocycles. The van der Waals surface area contributed by atoms with Gasteiger partial charge in [0.2, 0.25) is 0 Å². The third-order valence-electron chi connectivity index (χ3n) is 1.86. The van der Waals surface area contributed by atoms with E-state index in [9.17, 15) is 14.0 Å². The van der Waals surface area contributed by atoms with Gasteiger partial charge in [0.1, 0.15) is 5.82 Å². The number of halogens is 1.